The van der Waals surface area contributed by atoms with Crippen LogP contribution in [-0.2, 0) is 4.79 Å². The van der Waals surface area contributed by atoms with Crippen LogP contribution in [-0.4, -0.2) is 19.0 Å². The Morgan fingerprint density at radius 3 is 2.48 bits per heavy atom. The minimum absolute atomic E-state index is 0.105. The molecule has 0 saturated heterocycles. The first kappa shape index (κ1) is 15.6. The maximum absolute atomic E-state index is 12.3. The van der Waals surface area contributed by atoms with E-state index in [4.69, 9.17) is 0 Å². The fourth-order valence-corrected chi connectivity index (χ4v) is 2.80. The molecule has 1 atom stereocenters. The summed E-state index contributed by atoms with van der Waals surface area (Å²) < 4.78 is 0. The Hall–Kier alpha value is -1.77. The summed E-state index contributed by atoms with van der Waals surface area (Å²) in [5.74, 6) is 0.529. The molecule has 3 nitrogen and oxygen atoms in total. The monoisotopic (exact) mass is 286 g/mol. The zero-order valence-corrected chi connectivity index (χ0v) is 13.1. The number of allylic oxidation sites excluding steroid dienone is 1. The van der Waals surface area contributed by atoms with Gasteiger partial charge in [0.2, 0.25) is 5.91 Å². The van der Waals surface area contributed by atoms with Crippen molar-refractivity contribution in [3.8, 4) is 0 Å². The van der Waals surface area contributed by atoms with E-state index in [0.29, 0.717) is 5.92 Å². The lowest BCUT2D eigenvalue weighted by Crippen LogP contribution is -2.27. The molecule has 1 unspecified atom stereocenters. The van der Waals surface area contributed by atoms with Crippen LogP contribution < -0.4 is 10.6 Å². The highest BCUT2D eigenvalue weighted by Crippen LogP contribution is 2.37. The molecule has 0 bridgehead atoms. The van der Waals surface area contributed by atoms with E-state index in [-0.39, 0.29) is 5.91 Å². The van der Waals surface area contributed by atoms with Crippen molar-refractivity contribution in [2.45, 2.75) is 45.4 Å². The van der Waals surface area contributed by atoms with Crippen LogP contribution in [0.4, 0.5) is 0 Å². The quantitative estimate of drug-likeness (QED) is 0.807. The number of hydrogen-bond donors (Lipinski definition) is 2. The number of amides is 1. The van der Waals surface area contributed by atoms with Gasteiger partial charge in [0.25, 0.3) is 0 Å². The van der Waals surface area contributed by atoms with Crippen molar-refractivity contribution >= 4 is 5.91 Å². The van der Waals surface area contributed by atoms with E-state index in [2.05, 4.69) is 48.7 Å². The fraction of sp³-hybridized carbons (Fsp3) is 0.500. The molecule has 0 aromatic heterocycles. The molecular formula is C18H26N2O. The van der Waals surface area contributed by atoms with Crippen molar-refractivity contribution in [3.63, 3.8) is 0 Å². The first-order chi connectivity index (χ1) is 10.3. The summed E-state index contributed by atoms with van der Waals surface area (Å²) >= 11 is 0. The lowest BCUT2D eigenvalue weighted by atomic mass is 9.95. The van der Waals surface area contributed by atoms with Crippen molar-refractivity contribution in [2.75, 3.05) is 13.1 Å². The van der Waals surface area contributed by atoms with Gasteiger partial charge in [0, 0.05) is 24.4 Å². The van der Waals surface area contributed by atoms with Gasteiger partial charge in [-0.05, 0) is 37.2 Å². The number of hydrogen-bond acceptors (Lipinski definition) is 2. The summed E-state index contributed by atoms with van der Waals surface area (Å²) in [5.41, 5.74) is 3.41. The van der Waals surface area contributed by atoms with Crippen LogP contribution in [0.1, 0.15) is 51.0 Å². The molecule has 1 aromatic rings. The molecule has 1 amide bonds. The summed E-state index contributed by atoms with van der Waals surface area (Å²) in [5, 5.41) is 6.47. The maximum Gasteiger partial charge on any atom is 0.248 e. The Morgan fingerprint density at radius 2 is 1.81 bits per heavy atom. The van der Waals surface area contributed by atoms with Crippen LogP contribution in [0.25, 0.3) is 0 Å². The summed E-state index contributed by atoms with van der Waals surface area (Å²) in [6.07, 6.45) is 3.83. The summed E-state index contributed by atoms with van der Waals surface area (Å²) in [6.45, 7) is 5.90. The lowest BCUT2D eigenvalue weighted by Gasteiger charge is -2.11. The first-order valence-corrected chi connectivity index (χ1v) is 8.05. The second-order valence-electron chi connectivity index (χ2n) is 5.66. The van der Waals surface area contributed by atoms with Gasteiger partial charge in [0.1, 0.15) is 0 Å². The molecule has 0 fully saturated rings. The molecule has 114 valence electrons. The molecule has 0 radical (unpaired) electrons. The predicted molar refractivity (Wildman–Crippen MR) is 87.0 cm³/mol. The topological polar surface area (TPSA) is 41.1 Å². The highest BCUT2D eigenvalue weighted by molar-refractivity contribution is 5.94. The Bertz CT molecular complexity index is 493. The Labute approximate surface area is 127 Å². The van der Waals surface area contributed by atoms with Crippen LogP contribution in [0.3, 0.4) is 0 Å². The van der Waals surface area contributed by atoms with Gasteiger partial charge in [0.15, 0.2) is 0 Å². The van der Waals surface area contributed by atoms with Gasteiger partial charge >= 0.3 is 0 Å². The van der Waals surface area contributed by atoms with Crippen LogP contribution >= 0.6 is 0 Å². The number of carbonyl (C=O) groups is 1. The Morgan fingerprint density at radius 1 is 1.10 bits per heavy atom. The minimum atomic E-state index is 0.105. The van der Waals surface area contributed by atoms with Gasteiger partial charge in [-0.15, -0.1) is 0 Å². The predicted octanol–water partition coefficient (Wildman–Crippen LogP) is 3.34. The zero-order valence-electron chi connectivity index (χ0n) is 13.1. The van der Waals surface area contributed by atoms with E-state index < -0.39 is 0 Å². The van der Waals surface area contributed by atoms with Crippen molar-refractivity contribution in [3.05, 3.63) is 47.2 Å². The van der Waals surface area contributed by atoms with E-state index in [0.717, 1.165) is 50.0 Å². The molecule has 0 heterocycles. The molecule has 1 aliphatic carbocycles. The van der Waals surface area contributed by atoms with Crippen molar-refractivity contribution in [1.29, 1.82) is 0 Å². The Kier molecular flexibility index (Phi) is 5.85. The van der Waals surface area contributed by atoms with Crippen LogP contribution in [0.15, 0.2) is 41.6 Å². The van der Waals surface area contributed by atoms with Crippen LogP contribution in [0.2, 0.25) is 0 Å². The van der Waals surface area contributed by atoms with Crippen molar-refractivity contribution < 1.29 is 4.79 Å². The van der Waals surface area contributed by atoms with Gasteiger partial charge in [-0.3, -0.25) is 4.79 Å². The van der Waals surface area contributed by atoms with E-state index in [1.54, 1.807) is 0 Å². The van der Waals surface area contributed by atoms with Gasteiger partial charge in [-0.25, -0.2) is 0 Å². The highest BCUT2D eigenvalue weighted by Gasteiger charge is 2.29. The van der Waals surface area contributed by atoms with Crippen LogP contribution in [0, 0.1) is 0 Å². The fourth-order valence-electron chi connectivity index (χ4n) is 2.80. The highest BCUT2D eigenvalue weighted by atomic mass is 16.1. The van der Waals surface area contributed by atoms with E-state index in [9.17, 15) is 4.79 Å². The number of carbonyl (C=O) groups excluding carboxylic acids is 1. The van der Waals surface area contributed by atoms with Crippen LogP contribution in [0.5, 0.6) is 0 Å². The van der Waals surface area contributed by atoms with Gasteiger partial charge in [-0.2, -0.15) is 0 Å². The van der Waals surface area contributed by atoms with Crippen molar-refractivity contribution in [1.82, 2.24) is 10.6 Å². The third-order valence-electron chi connectivity index (χ3n) is 3.93. The van der Waals surface area contributed by atoms with Crippen molar-refractivity contribution in [2.24, 2.45) is 0 Å². The molecule has 2 rings (SSSR count). The molecule has 0 aliphatic heterocycles. The number of nitrogens with one attached hydrogen (secondary N) is 2. The molecule has 0 saturated carbocycles. The van der Waals surface area contributed by atoms with E-state index in [1.165, 1.54) is 5.56 Å². The molecule has 1 aliphatic rings. The zero-order chi connectivity index (χ0) is 15.1. The van der Waals surface area contributed by atoms with Gasteiger partial charge < -0.3 is 10.6 Å². The number of rotatable bonds is 7. The SMILES string of the molecule is CCCNC(=O)C1=C(NCCC)CC(c2ccccc2)C1. The summed E-state index contributed by atoms with van der Waals surface area (Å²) in [4.78, 5) is 12.3. The summed E-state index contributed by atoms with van der Waals surface area (Å²) in [7, 11) is 0. The van der Waals surface area contributed by atoms with Gasteiger partial charge in [-0.1, -0.05) is 44.2 Å². The maximum atomic E-state index is 12.3. The third kappa shape index (κ3) is 4.10. The smallest absolute Gasteiger partial charge is 0.248 e. The largest absolute Gasteiger partial charge is 0.388 e. The first-order valence-electron chi connectivity index (χ1n) is 8.05. The number of benzene rings is 1. The third-order valence-corrected chi connectivity index (χ3v) is 3.93. The molecule has 21 heavy (non-hydrogen) atoms. The standard InChI is InChI=1S/C18H26N2O/c1-3-10-19-17-13-15(14-8-6-5-7-9-14)12-16(17)18(21)20-11-4-2/h5-9,15,19H,3-4,10-13H2,1-2H3,(H,20,21). The minimum Gasteiger partial charge on any atom is -0.388 e. The molecule has 0 spiro atoms. The van der Waals surface area contributed by atoms with Gasteiger partial charge in [0.05, 0.1) is 0 Å². The molecule has 3 heteroatoms. The average Bonchev–Trinajstić information content (AvgIpc) is 2.95. The molecule has 2 N–H and O–H groups in total. The normalized spacial score (nSPS) is 17.9. The molecular weight excluding hydrogens is 260 g/mol. The second kappa shape index (κ2) is 7.87. The average molecular weight is 286 g/mol. The lowest BCUT2D eigenvalue weighted by molar-refractivity contribution is -0.117. The molecule has 1 aromatic carbocycles. The summed E-state index contributed by atoms with van der Waals surface area (Å²) in [6, 6.07) is 10.5. The van der Waals surface area contributed by atoms with E-state index >= 15 is 0 Å². The van der Waals surface area contributed by atoms with E-state index in [1.807, 2.05) is 6.07 Å². The second-order valence-corrected chi connectivity index (χ2v) is 5.66. The Balaban J connectivity index is 2.10.